The van der Waals surface area contributed by atoms with E-state index in [9.17, 15) is 4.79 Å². The summed E-state index contributed by atoms with van der Waals surface area (Å²) in [5.74, 6) is 1.67. The Kier molecular flexibility index (Phi) is 3.05. The predicted molar refractivity (Wildman–Crippen MR) is 68.2 cm³/mol. The van der Waals surface area contributed by atoms with Gasteiger partial charge in [-0.1, -0.05) is 5.16 Å². The highest BCUT2D eigenvalue weighted by atomic mass is 16.5. The number of piperidine rings is 1. The van der Waals surface area contributed by atoms with Crippen molar-refractivity contribution in [3.05, 3.63) is 11.7 Å². The third-order valence-corrected chi connectivity index (χ3v) is 4.38. The summed E-state index contributed by atoms with van der Waals surface area (Å²) in [6, 6.07) is 0. The number of carbonyl (C=O) groups is 1. The van der Waals surface area contributed by atoms with Crippen LogP contribution in [0.4, 0.5) is 0 Å². The van der Waals surface area contributed by atoms with Gasteiger partial charge in [0.15, 0.2) is 5.82 Å². The smallest absolute Gasteiger partial charge is 0.223 e. The van der Waals surface area contributed by atoms with Crippen LogP contribution in [0.25, 0.3) is 0 Å². The van der Waals surface area contributed by atoms with E-state index in [1.807, 2.05) is 18.9 Å². The first-order valence-corrected chi connectivity index (χ1v) is 6.82. The van der Waals surface area contributed by atoms with E-state index in [0.29, 0.717) is 11.8 Å². The van der Waals surface area contributed by atoms with Gasteiger partial charge in [0.05, 0.1) is 6.54 Å². The molecule has 2 aliphatic rings. The second-order valence-electron chi connectivity index (χ2n) is 5.93. The molecule has 0 saturated carbocycles. The second kappa shape index (κ2) is 4.59. The second-order valence-corrected chi connectivity index (χ2v) is 5.93. The fraction of sp³-hybridized carbons (Fsp3) is 0.769. The van der Waals surface area contributed by atoms with Gasteiger partial charge in [0.2, 0.25) is 11.8 Å². The van der Waals surface area contributed by atoms with Gasteiger partial charge in [-0.15, -0.1) is 0 Å². The Balaban J connectivity index is 1.56. The lowest BCUT2D eigenvalue weighted by molar-refractivity contribution is -0.126. The topological polar surface area (TPSA) is 62.5 Å². The van der Waals surface area contributed by atoms with E-state index in [-0.39, 0.29) is 5.41 Å². The molecule has 0 radical (unpaired) electrons. The van der Waals surface area contributed by atoms with Crippen molar-refractivity contribution in [2.75, 3.05) is 26.7 Å². The molecule has 0 atom stereocenters. The SMILES string of the molecule is Cc1nc(CN2CCC3(CC2)CC(=O)N(C)C3)no1. The lowest BCUT2D eigenvalue weighted by Gasteiger charge is -2.38. The van der Waals surface area contributed by atoms with Gasteiger partial charge >= 0.3 is 0 Å². The summed E-state index contributed by atoms with van der Waals surface area (Å²) in [6.45, 7) is 5.49. The number of carbonyl (C=O) groups excluding carboxylic acids is 1. The van der Waals surface area contributed by atoms with Crippen molar-refractivity contribution in [1.82, 2.24) is 19.9 Å². The maximum absolute atomic E-state index is 11.7. The van der Waals surface area contributed by atoms with Crippen molar-refractivity contribution in [2.45, 2.75) is 32.7 Å². The molecule has 2 aliphatic heterocycles. The normalized spacial score (nSPS) is 23.5. The van der Waals surface area contributed by atoms with Crippen LogP contribution >= 0.6 is 0 Å². The molecule has 3 heterocycles. The largest absolute Gasteiger partial charge is 0.345 e. The number of nitrogens with zero attached hydrogens (tertiary/aromatic N) is 4. The van der Waals surface area contributed by atoms with Gasteiger partial charge in [0.25, 0.3) is 0 Å². The number of aromatic nitrogens is 2. The standard InChI is InChI=1S/C13H20N4O2/c1-10-14-11(15-19-10)8-17-5-3-13(4-6-17)7-12(18)16(2)9-13/h3-9H2,1-2H3. The maximum Gasteiger partial charge on any atom is 0.223 e. The highest BCUT2D eigenvalue weighted by Gasteiger charge is 2.43. The molecule has 1 aromatic heterocycles. The fourth-order valence-corrected chi connectivity index (χ4v) is 3.23. The third-order valence-electron chi connectivity index (χ3n) is 4.38. The summed E-state index contributed by atoms with van der Waals surface area (Å²) >= 11 is 0. The first-order valence-electron chi connectivity index (χ1n) is 6.82. The monoisotopic (exact) mass is 264 g/mol. The molecule has 1 amide bonds. The van der Waals surface area contributed by atoms with Crippen LogP contribution in [0.2, 0.25) is 0 Å². The molecule has 3 rings (SSSR count). The Morgan fingerprint density at radius 1 is 1.37 bits per heavy atom. The number of amides is 1. The number of hydrogen-bond donors (Lipinski definition) is 0. The maximum atomic E-state index is 11.7. The van der Waals surface area contributed by atoms with E-state index in [4.69, 9.17) is 4.52 Å². The highest BCUT2D eigenvalue weighted by Crippen LogP contribution is 2.40. The van der Waals surface area contributed by atoms with Crippen LogP contribution in [-0.2, 0) is 11.3 Å². The van der Waals surface area contributed by atoms with Crippen LogP contribution in [0.15, 0.2) is 4.52 Å². The number of hydrogen-bond acceptors (Lipinski definition) is 5. The minimum atomic E-state index is 0.218. The van der Waals surface area contributed by atoms with Crippen LogP contribution in [0, 0.1) is 12.3 Å². The van der Waals surface area contributed by atoms with Crippen molar-refractivity contribution in [1.29, 1.82) is 0 Å². The number of likely N-dealkylation sites (tertiary alicyclic amines) is 2. The zero-order valence-corrected chi connectivity index (χ0v) is 11.6. The average molecular weight is 264 g/mol. The zero-order chi connectivity index (χ0) is 13.5. The quantitative estimate of drug-likeness (QED) is 0.791. The Hall–Kier alpha value is -1.43. The molecule has 0 bridgehead atoms. The third kappa shape index (κ3) is 2.49. The summed E-state index contributed by atoms with van der Waals surface area (Å²) in [4.78, 5) is 20.2. The Morgan fingerprint density at radius 2 is 2.11 bits per heavy atom. The minimum absolute atomic E-state index is 0.218. The fourth-order valence-electron chi connectivity index (χ4n) is 3.23. The Bertz CT molecular complexity index is 477. The zero-order valence-electron chi connectivity index (χ0n) is 11.6. The van der Waals surface area contributed by atoms with E-state index in [2.05, 4.69) is 15.0 Å². The van der Waals surface area contributed by atoms with Crippen molar-refractivity contribution >= 4 is 5.91 Å². The van der Waals surface area contributed by atoms with Gasteiger partial charge in [0.1, 0.15) is 0 Å². The molecule has 1 spiro atoms. The van der Waals surface area contributed by atoms with Gasteiger partial charge in [-0.2, -0.15) is 4.98 Å². The van der Waals surface area contributed by atoms with Crippen LogP contribution < -0.4 is 0 Å². The molecule has 0 aliphatic carbocycles. The number of rotatable bonds is 2. The molecule has 6 nitrogen and oxygen atoms in total. The molecular weight excluding hydrogens is 244 g/mol. The van der Waals surface area contributed by atoms with E-state index in [0.717, 1.165) is 51.3 Å². The average Bonchev–Trinajstić information content (AvgIpc) is 2.88. The highest BCUT2D eigenvalue weighted by molar-refractivity contribution is 5.79. The van der Waals surface area contributed by atoms with Crippen molar-refractivity contribution < 1.29 is 9.32 Å². The van der Waals surface area contributed by atoms with Crippen LogP contribution in [0.1, 0.15) is 31.0 Å². The number of aryl methyl sites for hydroxylation is 1. The summed E-state index contributed by atoms with van der Waals surface area (Å²) < 4.78 is 4.99. The lowest BCUT2D eigenvalue weighted by atomic mass is 9.77. The molecule has 2 saturated heterocycles. The van der Waals surface area contributed by atoms with E-state index in [1.54, 1.807) is 0 Å². The summed E-state index contributed by atoms with van der Waals surface area (Å²) in [5, 5.41) is 3.93. The molecule has 0 N–H and O–H groups in total. The lowest BCUT2D eigenvalue weighted by Crippen LogP contribution is -2.41. The van der Waals surface area contributed by atoms with Crippen molar-refractivity contribution in [3.63, 3.8) is 0 Å². The summed E-state index contributed by atoms with van der Waals surface area (Å²) in [6.07, 6.45) is 2.89. The van der Waals surface area contributed by atoms with Crippen LogP contribution in [0.5, 0.6) is 0 Å². The first-order chi connectivity index (χ1) is 9.06. The minimum Gasteiger partial charge on any atom is -0.345 e. The first kappa shape index (κ1) is 12.6. The van der Waals surface area contributed by atoms with E-state index >= 15 is 0 Å². The molecule has 2 fully saturated rings. The molecule has 0 unspecified atom stereocenters. The van der Waals surface area contributed by atoms with E-state index < -0.39 is 0 Å². The molecule has 6 heteroatoms. The van der Waals surface area contributed by atoms with Gasteiger partial charge in [-0.05, 0) is 31.3 Å². The molecular formula is C13H20N4O2. The van der Waals surface area contributed by atoms with E-state index in [1.165, 1.54) is 0 Å². The van der Waals surface area contributed by atoms with Gasteiger partial charge in [-0.25, -0.2) is 0 Å². The van der Waals surface area contributed by atoms with Crippen molar-refractivity contribution in [2.24, 2.45) is 5.41 Å². The van der Waals surface area contributed by atoms with Crippen molar-refractivity contribution in [3.8, 4) is 0 Å². The predicted octanol–water partition coefficient (Wildman–Crippen LogP) is 0.822. The molecule has 1 aromatic rings. The van der Waals surface area contributed by atoms with Gasteiger partial charge in [-0.3, -0.25) is 9.69 Å². The molecule has 19 heavy (non-hydrogen) atoms. The van der Waals surface area contributed by atoms with Crippen LogP contribution in [-0.4, -0.2) is 52.5 Å². The summed E-state index contributed by atoms with van der Waals surface area (Å²) in [7, 11) is 1.91. The Labute approximate surface area is 112 Å². The Morgan fingerprint density at radius 3 is 2.63 bits per heavy atom. The van der Waals surface area contributed by atoms with Crippen LogP contribution in [0.3, 0.4) is 0 Å². The molecule has 104 valence electrons. The van der Waals surface area contributed by atoms with Gasteiger partial charge < -0.3 is 9.42 Å². The summed E-state index contributed by atoms with van der Waals surface area (Å²) in [5.41, 5.74) is 0.218. The van der Waals surface area contributed by atoms with Gasteiger partial charge in [0, 0.05) is 26.9 Å². The molecule has 0 aromatic carbocycles.